The van der Waals surface area contributed by atoms with Gasteiger partial charge in [-0.2, -0.15) is 0 Å². The summed E-state index contributed by atoms with van der Waals surface area (Å²) < 4.78 is 32.0. The van der Waals surface area contributed by atoms with Crippen LogP contribution in [-0.2, 0) is 15.3 Å². The molecule has 34 heavy (non-hydrogen) atoms. The highest BCUT2D eigenvalue weighted by molar-refractivity contribution is 7.91. The van der Waals surface area contributed by atoms with E-state index in [9.17, 15) is 13.2 Å². The van der Waals surface area contributed by atoms with Crippen molar-refractivity contribution in [2.75, 3.05) is 12.4 Å². The largest absolute Gasteiger partial charge is 0.493 e. The summed E-state index contributed by atoms with van der Waals surface area (Å²) in [6.07, 6.45) is 8.13. The summed E-state index contributed by atoms with van der Waals surface area (Å²) in [7, 11) is -3.35. The number of sulfone groups is 1. The summed E-state index contributed by atoms with van der Waals surface area (Å²) in [5.41, 5.74) is 3.50. The molecular formula is C28H36O5S. The van der Waals surface area contributed by atoms with E-state index < -0.39 is 15.8 Å². The van der Waals surface area contributed by atoms with Crippen molar-refractivity contribution in [1.82, 2.24) is 0 Å². The fourth-order valence-electron chi connectivity index (χ4n) is 4.35. The van der Waals surface area contributed by atoms with Crippen molar-refractivity contribution in [3.05, 3.63) is 58.7 Å². The van der Waals surface area contributed by atoms with E-state index in [4.69, 9.17) is 9.84 Å². The molecule has 184 valence electrons. The number of aromatic carboxylic acids is 1. The number of rotatable bonds is 10. The lowest BCUT2D eigenvalue weighted by atomic mass is 9.80. The fraction of sp³-hybridized carbons (Fsp3) is 0.464. The molecule has 5 nitrogen and oxygen atoms in total. The molecule has 1 N–H and O–H groups in total. The minimum atomic E-state index is -3.35. The van der Waals surface area contributed by atoms with Crippen LogP contribution in [0.3, 0.4) is 0 Å². The Morgan fingerprint density at radius 1 is 1.09 bits per heavy atom. The maximum absolute atomic E-state index is 12.9. The van der Waals surface area contributed by atoms with Gasteiger partial charge in [0.05, 0.1) is 22.8 Å². The molecule has 0 fully saturated rings. The van der Waals surface area contributed by atoms with Gasteiger partial charge in [0.2, 0.25) is 0 Å². The van der Waals surface area contributed by atoms with Crippen LogP contribution in [0.25, 0.3) is 11.6 Å². The zero-order valence-electron chi connectivity index (χ0n) is 20.7. The maximum atomic E-state index is 12.9. The highest BCUT2D eigenvalue weighted by atomic mass is 32.2. The molecule has 2 aromatic rings. The number of carboxylic acid groups (broad SMARTS) is 1. The number of ether oxygens (including phenoxy) is 1. The lowest BCUT2D eigenvalue weighted by Gasteiger charge is -2.33. The Kier molecular flexibility index (Phi) is 8.24. The highest BCUT2D eigenvalue weighted by Gasteiger charge is 2.36. The minimum absolute atomic E-state index is 0.146. The van der Waals surface area contributed by atoms with E-state index >= 15 is 0 Å². The Labute approximate surface area is 203 Å². The average molecular weight is 485 g/mol. The second-order valence-electron chi connectivity index (χ2n) is 9.81. The zero-order valence-corrected chi connectivity index (χ0v) is 21.5. The third kappa shape index (κ3) is 6.09. The molecule has 0 bridgehead atoms. The molecule has 0 unspecified atom stereocenters. The van der Waals surface area contributed by atoms with Crippen molar-refractivity contribution in [1.29, 1.82) is 0 Å². The number of carbonyl (C=O) groups is 1. The maximum Gasteiger partial charge on any atom is 0.335 e. The number of hydrogen-bond donors (Lipinski definition) is 1. The Bertz CT molecular complexity index is 1160. The van der Waals surface area contributed by atoms with Gasteiger partial charge in [0.15, 0.2) is 9.84 Å². The van der Waals surface area contributed by atoms with Crippen LogP contribution < -0.4 is 4.74 Å². The molecule has 0 saturated carbocycles. The number of benzene rings is 2. The van der Waals surface area contributed by atoms with E-state index in [1.807, 2.05) is 19.1 Å². The number of allylic oxidation sites excluding steroid dienone is 1. The van der Waals surface area contributed by atoms with Crippen LogP contribution in [0.1, 0.15) is 93.3 Å². The van der Waals surface area contributed by atoms with Gasteiger partial charge >= 0.3 is 5.97 Å². The molecule has 0 radical (unpaired) electrons. The second kappa shape index (κ2) is 10.8. The quantitative estimate of drug-likeness (QED) is 0.298. The summed E-state index contributed by atoms with van der Waals surface area (Å²) in [6, 6.07) is 10.4. The lowest BCUT2D eigenvalue weighted by Crippen LogP contribution is -2.30. The molecule has 2 aromatic carbocycles. The highest BCUT2D eigenvalue weighted by Crippen LogP contribution is 2.43. The van der Waals surface area contributed by atoms with Crippen molar-refractivity contribution < 1.29 is 23.1 Å². The summed E-state index contributed by atoms with van der Waals surface area (Å²) in [6.45, 7) is 8.87. The van der Waals surface area contributed by atoms with Gasteiger partial charge in [-0.25, -0.2) is 13.2 Å². The first-order chi connectivity index (χ1) is 16.0. The Morgan fingerprint density at radius 3 is 2.41 bits per heavy atom. The first kappa shape index (κ1) is 26.0. The van der Waals surface area contributed by atoms with Gasteiger partial charge in [-0.1, -0.05) is 64.7 Å². The summed E-state index contributed by atoms with van der Waals surface area (Å²) in [5.74, 6) is -0.223. The van der Waals surface area contributed by atoms with E-state index in [0.717, 1.165) is 35.1 Å². The molecule has 0 aliphatic carbocycles. The van der Waals surface area contributed by atoms with Gasteiger partial charge < -0.3 is 9.84 Å². The number of fused-ring (bicyclic) bond motifs is 1. The van der Waals surface area contributed by atoms with Crippen LogP contribution in [0.2, 0.25) is 0 Å². The molecule has 1 heterocycles. The first-order valence-electron chi connectivity index (χ1n) is 12.1. The van der Waals surface area contributed by atoms with Gasteiger partial charge in [0.1, 0.15) is 5.75 Å². The number of hydrogen-bond acceptors (Lipinski definition) is 4. The third-order valence-corrected chi connectivity index (χ3v) is 8.36. The molecule has 0 atom stereocenters. The monoisotopic (exact) mass is 484 g/mol. The third-order valence-electron chi connectivity index (χ3n) is 6.61. The van der Waals surface area contributed by atoms with E-state index in [0.29, 0.717) is 23.7 Å². The fourth-order valence-corrected chi connectivity index (χ4v) is 6.30. The molecule has 0 saturated heterocycles. The Hall–Kier alpha value is -2.60. The molecule has 6 heteroatoms. The van der Waals surface area contributed by atoms with Gasteiger partial charge in [-0.3, -0.25) is 0 Å². The second-order valence-corrected chi connectivity index (χ2v) is 11.9. The van der Waals surface area contributed by atoms with Gasteiger partial charge in [0, 0.05) is 5.56 Å². The van der Waals surface area contributed by atoms with E-state index in [1.54, 1.807) is 30.3 Å². The molecule has 0 aromatic heterocycles. The minimum Gasteiger partial charge on any atom is -0.493 e. The predicted molar refractivity (Wildman–Crippen MR) is 137 cm³/mol. The summed E-state index contributed by atoms with van der Waals surface area (Å²) in [5, 5.41) is 9.15. The summed E-state index contributed by atoms with van der Waals surface area (Å²) in [4.78, 5) is 11.5. The molecule has 1 aliphatic rings. The SMILES string of the molecule is CCCCCCCOc1cc2c(cc1/C(C)=C/c1ccc(C(=O)O)cc1)C(C)(C)CCS2(=O)=O. The van der Waals surface area contributed by atoms with E-state index in [2.05, 4.69) is 20.8 Å². The van der Waals surface area contributed by atoms with Crippen LogP contribution >= 0.6 is 0 Å². The Balaban J connectivity index is 1.99. The van der Waals surface area contributed by atoms with E-state index in [-0.39, 0.29) is 16.7 Å². The van der Waals surface area contributed by atoms with Crippen LogP contribution in [0.15, 0.2) is 41.3 Å². The van der Waals surface area contributed by atoms with Crippen molar-refractivity contribution in [2.45, 2.75) is 76.5 Å². The van der Waals surface area contributed by atoms with Crippen molar-refractivity contribution in [3.63, 3.8) is 0 Å². The van der Waals surface area contributed by atoms with Crippen LogP contribution in [0.5, 0.6) is 5.75 Å². The topological polar surface area (TPSA) is 80.7 Å². The normalized spacial score (nSPS) is 16.6. The Morgan fingerprint density at radius 2 is 1.76 bits per heavy atom. The molecular weight excluding hydrogens is 448 g/mol. The van der Waals surface area contributed by atoms with Gasteiger partial charge in [-0.15, -0.1) is 0 Å². The van der Waals surface area contributed by atoms with Crippen LogP contribution in [0, 0.1) is 0 Å². The van der Waals surface area contributed by atoms with Gasteiger partial charge in [0.25, 0.3) is 0 Å². The smallest absolute Gasteiger partial charge is 0.335 e. The first-order valence-corrected chi connectivity index (χ1v) is 13.8. The van der Waals surface area contributed by atoms with Crippen LogP contribution in [-0.4, -0.2) is 31.9 Å². The number of carboxylic acids is 1. The molecule has 3 rings (SSSR count). The molecule has 1 aliphatic heterocycles. The van der Waals surface area contributed by atoms with Crippen molar-refractivity contribution >= 4 is 27.5 Å². The number of unbranched alkanes of at least 4 members (excludes halogenated alkanes) is 4. The zero-order chi connectivity index (χ0) is 24.9. The standard InChI is InChI=1S/C28H36O5S/c1-5-6-7-8-9-15-33-25-19-26-24(28(3,4)14-16-34(26,31)32)18-23(25)20(2)17-21-10-12-22(13-11-21)27(29)30/h10-13,17-19H,5-9,14-16H2,1-4H3,(H,29,30)/b20-17+. The molecule has 0 amide bonds. The van der Waals surface area contributed by atoms with Gasteiger partial charge in [-0.05, 0) is 66.1 Å². The van der Waals surface area contributed by atoms with Crippen molar-refractivity contribution in [3.8, 4) is 5.75 Å². The summed E-state index contributed by atoms with van der Waals surface area (Å²) >= 11 is 0. The van der Waals surface area contributed by atoms with E-state index in [1.165, 1.54) is 19.3 Å². The molecule has 0 spiro atoms. The van der Waals surface area contributed by atoms with Crippen molar-refractivity contribution in [2.24, 2.45) is 0 Å². The predicted octanol–water partition coefficient (Wildman–Crippen LogP) is 6.75. The van der Waals surface area contributed by atoms with Crippen LogP contribution in [0.4, 0.5) is 0 Å². The average Bonchev–Trinajstić information content (AvgIpc) is 2.79. The lowest BCUT2D eigenvalue weighted by molar-refractivity contribution is 0.0697.